The summed E-state index contributed by atoms with van der Waals surface area (Å²) in [7, 11) is -3.69. The van der Waals surface area contributed by atoms with Crippen molar-refractivity contribution in [2.24, 2.45) is 0 Å². The lowest BCUT2D eigenvalue weighted by Crippen LogP contribution is -2.24. The van der Waals surface area contributed by atoms with E-state index in [1.54, 1.807) is 13.0 Å². The van der Waals surface area contributed by atoms with Crippen molar-refractivity contribution in [3.8, 4) is 0 Å². The molecule has 0 amide bonds. The Hall–Kier alpha value is -0.440. The number of nitrogens with one attached hydrogen (secondary N) is 1. The van der Waals surface area contributed by atoms with Gasteiger partial charge in [0.2, 0.25) is 10.0 Å². The largest absolute Gasteiger partial charge is 0.392 e. The molecule has 0 fully saturated rings. The van der Waals surface area contributed by atoms with Crippen LogP contribution in [0.1, 0.15) is 16.0 Å². The predicted molar refractivity (Wildman–Crippen MR) is 88.2 cm³/mol. The van der Waals surface area contributed by atoms with Gasteiger partial charge in [-0.15, -0.1) is 11.3 Å². The summed E-state index contributed by atoms with van der Waals surface area (Å²) in [6, 6.07) is 6.67. The maximum absolute atomic E-state index is 12.4. The molecule has 0 bridgehead atoms. The molecule has 0 spiro atoms. The maximum Gasteiger partial charge on any atom is 0.241 e. The highest BCUT2D eigenvalue weighted by Gasteiger charge is 2.19. The highest BCUT2D eigenvalue weighted by atomic mass is 79.9. The van der Waals surface area contributed by atoms with Gasteiger partial charge < -0.3 is 5.11 Å². The van der Waals surface area contributed by atoms with E-state index in [0.29, 0.717) is 11.1 Å². The van der Waals surface area contributed by atoms with Gasteiger partial charge in [0.25, 0.3) is 0 Å². The third-order valence-electron chi connectivity index (χ3n) is 2.96. The lowest BCUT2D eigenvalue weighted by Gasteiger charge is -2.12. The summed E-state index contributed by atoms with van der Waals surface area (Å²) in [6.45, 7) is 1.60. The highest BCUT2D eigenvalue weighted by molar-refractivity contribution is 9.11. The van der Waals surface area contributed by atoms with E-state index >= 15 is 0 Å². The van der Waals surface area contributed by atoms with Crippen LogP contribution in [0.4, 0.5) is 0 Å². The molecule has 4 nitrogen and oxygen atoms in total. The van der Waals surface area contributed by atoms with Gasteiger partial charge >= 0.3 is 0 Å². The molecule has 1 aromatic heterocycles. The first-order chi connectivity index (χ1) is 9.83. The average Bonchev–Trinajstić information content (AvgIpc) is 2.84. The van der Waals surface area contributed by atoms with Crippen LogP contribution < -0.4 is 4.72 Å². The summed E-state index contributed by atoms with van der Waals surface area (Å²) in [6.07, 6.45) is 0. The summed E-state index contributed by atoms with van der Waals surface area (Å²) >= 11 is 10.7. The molecule has 2 aromatic rings. The number of aliphatic hydroxyl groups excluding tert-OH is 1. The van der Waals surface area contributed by atoms with Crippen LogP contribution in [0.3, 0.4) is 0 Å². The Kier molecular flexibility index (Phi) is 5.45. The first kappa shape index (κ1) is 16.9. The van der Waals surface area contributed by atoms with Crippen LogP contribution in [0.25, 0.3) is 0 Å². The van der Waals surface area contributed by atoms with E-state index in [0.717, 1.165) is 8.66 Å². The molecule has 0 aliphatic carbocycles. The molecule has 21 heavy (non-hydrogen) atoms. The second-order valence-electron chi connectivity index (χ2n) is 4.38. The fourth-order valence-corrected chi connectivity index (χ4v) is 4.98. The smallest absolute Gasteiger partial charge is 0.241 e. The third-order valence-corrected chi connectivity index (χ3v) is 6.33. The number of sulfonamides is 1. The second kappa shape index (κ2) is 6.76. The summed E-state index contributed by atoms with van der Waals surface area (Å²) in [5, 5.41) is 9.55. The molecule has 0 unspecified atom stereocenters. The molecule has 0 aliphatic rings. The van der Waals surface area contributed by atoms with Crippen molar-refractivity contribution < 1.29 is 13.5 Å². The van der Waals surface area contributed by atoms with E-state index in [1.807, 2.05) is 12.1 Å². The molecule has 114 valence electrons. The van der Waals surface area contributed by atoms with Gasteiger partial charge in [-0.1, -0.05) is 11.6 Å². The van der Waals surface area contributed by atoms with Crippen LogP contribution >= 0.6 is 38.9 Å². The quantitative estimate of drug-likeness (QED) is 0.793. The molecule has 1 heterocycles. The highest BCUT2D eigenvalue weighted by Crippen LogP contribution is 2.26. The van der Waals surface area contributed by atoms with Crippen LogP contribution in [0.2, 0.25) is 5.02 Å². The van der Waals surface area contributed by atoms with E-state index in [4.69, 9.17) is 11.6 Å². The monoisotopic (exact) mass is 409 g/mol. The van der Waals surface area contributed by atoms with Crippen LogP contribution in [0.15, 0.2) is 32.9 Å². The van der Waals surface area contributed by atoms with E-state index in [1.165, 1.54) is 17.4 Å². The Morgan fingerprint density at radius 1 is 1.38 bits per heavy atom. The Bertz CT molecular complexity index is 759. The molecule has 1 aromatic carbocycles. The fourth-order valence-electron chi connectivity index (χ4n) is 1.84. The van der Waals surface area contributed by atoms with E-state index in [-0.39, 0.29) is 23.1 Å². The number of hydrogen-bond donors (Lipinski definition) is 2. The van der Waals surface area contributed by atoms with Crippen molar-refractivity contribution in [1.82, 2.24) is 4.72 Å². The molecule has 2 N–H and O–H groups in total. The Labute approximate surface area is 140 Å². The molecular weight excluding hydrogens is 398 g/mol. The van der Waals surface area contributed by atoms with Crippen LogP contribution in [0.5, 0.6) is 0 Å². The van der Waals surface area contributed by atoms with Gasteiger partial charge in [0.05, 0.1) is 15.3 Å². The van der Waals surface area contributed by atoms with Crippen molar-refractivity contribution in [2.75, 3.05) is 0 Å². The average molecular weight is 411 g/mol. The van der Waals surface area contributed by atoms with Crippen molar-refractivity contribution in [2.45, 2.75) is 25.0 Å². The van der Waals surface area contributed by atoms with Gasteiger partial charge in [-0.05, 0) is 58.2 Å². The van der Waals surface area contributed by atoms with E-state index < -0.39 is 10.0 Å². The van der Waals surface area contributed by atoms with Gasteiger partial charge in [0, 0.05) is 16.4 Å². The van der Waals surface area contributed by atoms with E-state index in [9.17, 15) is 13.5 Å². The summed E-state index contributed by atoms with van der Waals surface area (Å²) in [5.41, 5.74) is 1.00. The van der Waals surface area contributed by atoms with Gasteiger partial charge in [-0.3, -0.25) is 0 Å². The predicted octanol–water partition coefficient (Wildman–Crippen LogP) is 3.44. The van der Waals surface area contributed by atoms with Crippen molar-refractivity contribution in [1.29, 1.82) is 0 Å². The lowest BCUT2D eigenvalue weighted by atomic mass is 10.1. The fraction of sp³-hybridized carbons (Fsp3) is 0.231. The van der Waals surface area contributed by atoms with Gasteiger partial charge in [-0.2, -0.15) is 0 Å². The minimum Gasteiger partial charge on any atom is -0.392 e. The standard InChI is InChI=1S/C13H13BrClNO3S2/c1-8-9(7-17)4-10(15)5-12(8)21(18,19)16-6-11-2-3-13(14)20-11/h2-5,16-17H,6-7H2,1H3. The zero-order valence-electron chi connectivity index (χ0n) is 11.1. The van der Waals surface area contributed by atoms with Gasteiger partial charge in [0.15, 0.2) is 0 Å². The van der Waals surface area contributed by atoms with Crippen LogP contribution in [-0.4, -0.2) is 13.5 Å². The summed E-state index contributed by atoms with van der Waals surface area (Å²) < 4.78 is 28.3. The summed E-state index contributed by atoms with van der Waals surface area (Å²) in [5.74, 6) is 0. The number of thiophene rings is 1. The number of benzene rings is 1. The van der Waals surface area contributed by atoms with Gasteiger partial charge in [0.1, 0.15) is 0 Å². The van der Waals surface area contributed by atoms with Gasteiger partial charge in [-0.25, -0.2) is 13.1 Å². The number of rotatable bonds is 5. The first-order valence-electron chi connectivity index (χ1n) is 5.97. The summed E-state index contributed by atoms with van der Waals surface area (Å²) in [4.78, 5) is 0.988. The number of halogens is 2. The van der Waals surface area contributed by atoms with Crippen LogP contribution in [-0.2, 0) is 23.2 Å². The minimum absolute atomic E-state index is 0.0923. The minimum atomic E-state index is -3.69. The molecule has 0 radical (unpaired) electrons. The van der Waals surface area contributed by atoms with Crippen molar-refractivity contribution >= 4 is 48.9 Å². The molecule has 0 saturated heterocycles. The third kappa shape index (κ3) is 4.06. The van der Waals surface area contributed by atoms with E-state index in [2.05, 4.69) is 20.7 Å². The lowest BCUT2D eigenvalue weighted by molar-refractivity contribution is 0.280. The zero-order valence-corrected chi connectivity index (χ0v) is 15.0. The Morgan fingerprint density at radius 3 is 2.67 bits per heavy atom. The zero-order chi connectivity index (χ0) is 15.6. The normalized spacial score (nSPS) is 11.8. The molecular formula is C13H13BrClNO3S2. The van der Waals surface area contributed by atoms with Crippen molar-refractivity contribution in [3.63, 3.8) is 0 Å². The Morgan fingerprint density at radius 2 is 2.10 bits per heavy atom. The molecule has 2 rings (SSSR count). The molecule has 8 heteroatoms. The SMILES string of the molecule is Cc1c(CO)cc(Cl)cc1S(=O)(=O)NCc1ccc(Br)s1. The number of hydrogen-bond acceptors (Lipinski definition) is 4. The molecule has 0 atom stereocenters. The van der Waals surface area contributed by atoms with Crippen LogP contribution in [0, 0.1) is 6.92 Å². The first-order valence-corrected chi connectivity index (χ1v) is 9.44. The second-order valence-corrected chi connectivity index (χ2v) is 9.10. The topological polar surface area (TPSA) is 66.4 Å². The number of aliphatic hydroxyl groups is 1. The molecule has 0 aliphatic heterocycles. The maximum atomic E-state index is 12.4. The Balaban J connectivity index is 2.29. The van der Waals surface area contributed by atoms with Crippen molar-refractivity contribution in [3.05, 3.63) is 49.1 Å². The molecule has 0 saturated carbocycles.